The SMILES string of the molecule is CCCCOC(=O)C1=C(N)OC(C)=C(C(=O)OC(C)C)[C@@]12C(=O)N(CC(=O)OC)c1ccccc12. The molecule has 188 valence electrons. The Morgan fingerprint density at radius 3 is 2.46 bits per heavy atom. The van der Waals surface area contributed by atoms with Crippen LogP contribution in [0.4, 0.5) is 5.69 Å². The predicted octanol–water partition coefficient (Wildman–Crippen LogP) is 2.21. The second-order valence-corrected chi connectivity index (χ2v) is 8.45. The number of allylic oxidation sites excluding steroid dienone is 1. The predicted molar refractivity (Wildman–Crippen MR) is 125 cm³/mol. The van der Waals surface area contributed by atoms with Crippen molar-refractivity contribution in [3.63, 3.8) is 0 Å². The van der Waals surface area contributed by atoms with Gasteiger partial charge in [-0.15, -0.1) is 0 Å². The Balaban J connectivity index is 2.32. The average molecular weight is 487 g/mol. The number of nitrogens with two attached hydrogens (primary N) is 1. The Labute approximate surface area is 203 Å². The van der Waals surface area contributed by atoms with Crippen LogP contribution in [-0.2, 0) is 43.5 Å². The summed E-state index contributed by atoms with van der Waals surface area (Å²) in [6.45, 7) is 6.34. The van der Waals surface area contributed by atoms with Crippen LogP contribution in [0.5, 0.6) is 0 Å². The zero-order chi connectivity index (χ0) is 25.9. The van der Waals surface area contributed by atoms with Crippen molar-refractivity contribution in [3.8, 4) is 0 Å². The fourth-order valence-electron chi connectivity index (χ4n) is 4.33. The van der Waals surface area contributed by atoms with Crippen LogP contribution in [-0.4, -0.2) is 50.2 Å². The molecule has 0 bridgehead atoms. The smallest absolute Gasteiger partial charge is 0.341 e. The number of rotatable bonds is 8. The van der Waals surface area contributed by atoms with Crippen LogP contribution in [0.15, 0.2) is 47.1 Å². The van der Waals surface area contributed by atoms with Gasteiger partial charge in [0.05, 0.1) is 19.8 Å². The third-order valence-corrected chi connectivity index (χ3v) is 5.77. The van der Waals surface area contributed by atoms with Crippen molar-refractivity contribution in [2.24, 2.45) is 5.73 Å². The fraction of sp³-hybridized carbons (Fsp3) is 0.440. The van der Waals surface area contributed by atoms with Crippen molar-refractivity contribution in [2.45, 2.75) is 52.1 Å². The maximum absolute atomic E-state index is 14.3. The fourth-order valence-corrected chi connectivity index (χ4v) is 4.33. The lowest BCUT2D eigenvalue weighted by Gasteiger charge is -2.36. The van der Waals surface area contributed by atoms with E-state index in [1.165, 1.54) is 14.0 Å². The van der Waals surface area contributed by atoms with Gasteiger partial charge in [0.15, 0.2) is 0 Å². The summed E-state index contributed by atoms with van der Waals surface area (Å²) in [5.74, 6) is -3.55. The van der Waals surface area contributed by atoms with E-state index in [-0.39, 0.29) is 35.0 Å². The molecule has 0 fully saturated rings. The summed E-state index contributed by atoms with van der Waals surface area (Å²) in [7, 11) is 1.20. The summed E-state index contributed by atoms with van der Waals surface area (Å²) in [6.07, 6.45) is 0.826. The van der Waals surface area contributed by atoms with E-state index in [0.29, 0.717) is 12.1 Å². The molecular formula is C25H30N2O8. The molecule has 1 atom stereocenters. The first-order valence-corrected chi connectivity index (χ1v) is 11.4. The minimum atomic E-state index is -2.04. The minimum absolute atomic E-state index is 0.00123. The summed E-state index contributed by atoms with van der Waals surface area (Å²) < 4.78 is 21.3. The van der Waals surface area contributed by atoms with Gasteiger partial charge in [0.2, 0.25) is 11.8 Å². The van der Waals surface area contributed by atoms with Crippen LogP contribution < -0.4 is 10.6 Å². The van der Waals surface area contributed by atoms with E-state index in [1.807, 2.05) is 6.92 Å². The summed E-state index contributed by atoms with van der Waals surface area (Å²) in [6, 6.07) is 6.53. The second kappa shape index (κ2) is 10.2. The van der Waals surface area contributed by atoms with Crippen LogP contribution in [0.1, 0.15) is 46.1 Å². The van der Waals surface area contributed by atoms with Crippen molar-refractivity contribution in [1.82, 2.24) is 0 Å². The maximum Gasteiger partial charge on any atom is 0.341 e. The molecule has 0 unspecified atom stereocenters. The lowest BCUT2D eigenvalue weighted by Crippen LogP contribution is -2.51. The molecule has 2 N–H and O–H groups in total. The van der Waals surface area contributed by atoms with E-state index < -0.39 is 41.9 Å². The molecule has 0 saturated carbocycles. The highest BCUT2D eigenvalue weighted by Crippen LogP contribution is 2.54. The van der Waals surface area contributed by atoms with Gasteiger partial charge >= 0.3 is 17.9 Å². The highest BCUT2D eigenvalue weighted by molar-refractivity contribution is 6.23. The number of hydrogen-bond acceptors (Lipinski definition) is 9. The van der Waals surface area contributed by atoms with Gasteiger partial charge in [-0.1, -0.05) is 31.5 Å². The number of nitrogens with zero attached hydrogens (tertiary/aromatic N) is 1. The Morgan fingerprint density at radius 2 is 1.83 bits per heavy atom. The number of carbonyl (C=O) groups is 4. The first kappa shape index (κ1) is 25.8. The van der Waals surface area contributed by atoms with Crippen molar-refractivity contribution in [1.29, 1.82) is 0 Å². The summed E-state index contributed by atoms with van der Waals surface area (Å²) >= 11 is 0. The van der Waals surface area contributed by atoms with E-state index >= 15 is 0 Å². The molecule has 2 aliphatic heterocycles. The Kier molecular flexibility index (Phi) is 7.52. The number of para-hydroxylation sites is 1. The van der Waals surface area contributed by atoms with Gasteiger partial charge in [-0.2, -0.15) is 0 Å². The minimum Gasteiger partial charge on any atom is -0.468 e. The molecule has 0 radical (unpaired) electrons. The average Bonchev–Trinajstić information content (AvgIpc) is 3.02. The van der Waals surface area contributed by atoms with E-state index in [4.69, 9.17) is 24.7 Å². The molecule has 2 aliphatic rings. The number of anilines is 1. The van der Waals surface area contributed by atoms with Crippen LogP contribution >= 0.6 is 0 Å². The first-order chi connectivity index (χ1) is 16.6. The second-order valence-electron chi connectivity index (χ2n) is 8.45. The molecule has 10 nitrogen and oxygen atoms in total. The van der Waals surface area contributed by atoms with Crippen LogP contribution in [0.25, 0.3) is 0 Å². The van der Waals surface area contributed by atoms with Gasteiger partial charge in [0.25, 0.3) is 0 Å². The molecule has 0 saturated heterocycles. The van der Waals surface area contributed by atoms with Crippen molar-refractivity contribution >= 4 is 29.5 Å². The van der Waals surface area contributed by atoms with E-state index in [1.54, 1.807) is 38.1 Å². The number of hydrogen-bond donors (Lipinski definition) is 1. The Bertz CT molecular complexity index is 1120. The summed E-state index contributed by atoms with van der Waals surface area (Å²) in [5.41, 5.74) is 4.22. The summed E-state index contributed by atoms with van der Waals surface area (Å²) in [4.78, 5) is 54.4. The van der Waals surface area contributed by atoms with Gasteiger partial charge in [-0.3, -0.25) is 14.5 Å². The Hall–Kier alpha value is -3.82. The number of amides is 1. The van der Waals surface area contributed by atoms with Gasteiger partial charge in [-0.05, 0) is 33.3 Å². The molecule has 1 amide bonds. The normalized spacial score (nSPS) is 19.1. The Morgan fingerprint density at radius 1 is 1.14 bits per heavy atom. The van der Waals surface area contributed by atoms with Gasteiger partial charge in [0.1, 0.15) is 28.9 Å². The molecular weight excluding hydrogens is 456 g/mol. The van der Waals surface area contributed by atoms with Gasteiger partial charge < -0.3 is 24.7 Å². The monoisotopic (exact) mass is 486 g/mol. The first-order valence-electron chi connectivity index (χ1n) is 11.4. The zero-order valence-corrected chi connectivity index (χ0v) is 20.5. The lowest BCUT2D eigenvalue weighted by atomic mass is 9.67. The molecule has 0 aliphatic carbocycles. The lowest BCUT2D eigenvalue weighted by molar-refractivity contribution is -0.146. The number of unbranched alkanes of at least 4 members (excludes halogenated alkanes) is 1. The molecule has 35 heavy (non-hydrogen) atoms. The number of ether oxygens (including phenoxy) is 4. The number of benzene rings is 1. The van der Waals surface area contributed by atoms with Gasteiger partial charge in [-0.25, -0.2) is 9.59 Å². The molecule has 1 spiro atoms. The zero-order valence-electron chi connectivity index (χ0n) is 20.5. The quantitative estimate of drug-likeness (QED) is 0.333. The standard InChI is InChI=1S/C25H30N2O8/c1-6-7-12-33-22(29)20-21(26)35-15(4)19(23(30)34-14(2)3)25(20)16-10-8-9-11-17(16)27(24(25)31)13-18(28)32-5/h8-11,14H,6-7,12-13,26H2,1-5H3/t25-/m1/s1. The van der Waals surface area contributed by atoms with Crippen molar-refractivity contribution < 1.29 is 38.1 Å². The third kappa shape index (κ3) is 4.36. The molecule has 2 heterocycles. The van der Waals surface area contributed by atoms with Crippen molar-refractivity contribution in [2.75, 3.05) is 25.2 Å². The third-order valence-electron chi connectivity index (χ3n) is 5.77. The number of carbonyl (C=O) groups excluding carboxylic acids is 4. The molecule has 1 aromatic rings. The topological polar surface area (TPSA) is 134 Å². The number of esters is 3. The largest absolute Gasteiger partial charge is 0.468 e. The molecule has 3 rings (SSSR count). The number of methoxy groups -OCH3 is 1. The molecule has 0 aromatic heterocycles. The van der Waals surface area contributed by atoms with Crippen LogP contribution in [0.2, 0.25) is 0 Å². The molecule has 10 heteroatoms. The van der Waals surface area contributed by atoms with Crippen molar-refractivity contribution in [3.05, 3.63) is 52.6 Å². The van der Waals surface area contributed by atoms with Crippen LogP contribution in [0, 0.1) is 0 Å². The van der Waals surface area contributed by atoms with E-state index in [2.05, 4.69) is 0 Å². The van der Waals surface area contributed by atoms with Crippen LogP contribution in [0.3, 0.4) is 0 Å². The number of fused-ring (bicyclic) bond motifs is 2. The maximum atomic E-state index is 14.3. The summed E-state index contributed by atoms with van der Waals surface area (Å²) in [5, 5.41) is 0. The highest BCUT2D eigenvalue weighted by Gasteiger charge is 2.64. The van der Waals surface area contributed by atoms with E-state index in [9.17, 15) is 19.2 Å². The highest BCUT2D eigenvalue weighted by atomic mass is 16.6. The van der Waals surface area contributed by atoms with Gasteiger partial charge in [0, 0.05) is 11.3 Å². The molecule has 1 aromatic carbocycles. The van der Waals surface area contributed by atoms with E-state index in [0.717, 1.165) is 11.3 Å².